The minimum atomic E-state index is -0.593. The normalized spacial score (nSPS) is 15.3. The highest BCUT2D eigenvalue weighted by atomic mass is 127. The van der Waals surface area contributed by atoms with Gasteiger partial charge in [0, 0.05) is 13.1 Å². The van der Waals surface area contributed by atoms with Crippen LogP contribution >= 0.6 is 24.0 Å². The number of rotatable bonds is 10. The van der Waals surface area contributed by atoms with Crippen molar-refractivity contribution >= 4 is 29.9 Å². The molecule has 7 heteroatoms. The van der Waals surface area contributed by atoms with Gasteiger partial charge in [0.2, 0.25) is 0 Å². The molecular formula is C20H34IN3O3. The zero-order valence-electron chi connectivity index (χ0n) is 16.7. The summed E-state index contributed by atoms with van der Waals surface area (Å²) in [6, 6.07) is 6.07. The fraction of sp³-hybridized carbons (Fsp3) is 0.650. The Morgan fingerprint density at radius 3 is 2.41 bits per heavy atom. The van der Waals surface area contributed by atoms with Gasteiger partial charge in [0.25, 0.3) is 0 Å². The van der Waals surface area contributed by atoms with E-state index in [1.54, 1.807) is 0 Å². The van der Waals surface area contributed by atoms with Crippen LogP contribution in [-0.4, -0.2) is 49.5 Å². The zero-order valence-corrected chi connectivity index (χ0v) is 19.0. The largest absolute Gasteiger partial charge is 0.490 e. The third-order valence-corrected chi connectivity index (χ3v) is 4.47. The monoisotopic (exact) mass is 491 g/mol. The lowest BCUT2D eigenvalue weighted by Gasteiger charge is -2.35. The van der Waals surface area contributed by atoms with Gasteiger partial charge in [0.05, 0.1) is 25.4 Å². The third kappa shape index (κ3) is 7.73. The molecular weight excluding hydrogens is 457 g/mol. The molecule has 0 heterocycles. The first kappa shape index (κ1) is 23.8. The van der Waals surface area contributed by atoms with E-state index >= 15 is 0 Å². The summed E-state index contributed by atoms with van der Waals surface area (Å²) < 4.78 is 11.3. The van der Waals surface area contributed by atoms with E-state index in [0.29, 0.717) is 19.8 Å². The first-order valence-corrected chi connectivity index (χ1v) is 9.73. The maximum atomic E-state index is 10.2. The smallest absolute Gasteiger partial charge is 0.191 e. The zero-order chi connectivity index (χ0) is 18.8. The predicted octanol–water partition coefficient (Wildman–Crippen LogP) is 3.11. The van der Waals surface area contributed by atoms with Gasteiger partial charge in [0.15, 0.2) is 17.5 Å². The highest BCUT2D eigenvalue weighted by molar-refractivity contribution is 14.0. The SMILES string of the molecule is CCNC(=NCC1(O)CCC1)NCCc1ccc(OCC)c(OCC)c1.I. The molecule has 0 unspecified atom stereocenters. The number of halogens is 1. The van der Waals surface area contributed by atoms with Gasteiger partial charge in [-0.25, -0.2) is 0 Å². The molecule has 1 saturated carbocycles. The van der Waals surface area contributed by atoms with Crippen molar-refractivity contribution in [3.63, 3.8) is 0 Å². The van der Waals surface area contributed by atoms with E-state index in [4.69, 9.17) is 9.47 Å². The van der Waals surface area contributed by atoms with E-state index in [1.807, 2.05) is 32.9 Å². The van der Waals surface area contributed by atoms with Gasteiger partial charge in [-0.3, -0.25) is 4.99 Å². The lowest BCUT2D eigenvalue weighted by molar-refractivity contribution is -0.0236. The molecule has 3 N–H and O–H groups in total. The van der Waals surface area contributed by atoms with E-state index in [1.165, 1.54) is 5.56 Å². The van der Waals surface area contributed by atoms with Crippen molar-refractivity contribution < 1.29 is 14.6 Å². The molecule has 1 aromatic carbocycles. The van der Waals surface area contributed by atoms with Gasteiger partial charge in [-0.15, -0.1) is 24.0 Å². The Morgan fingerprint density at radius 1 is 1.11 bits per heavy atom. The molecule has 27 heavy (non-hydrogen) atoms. The van der Waals surface area contributed by atoms with Gasteiger partial charge in [0.1, 0.15) is 0 Å². The highest BCUT2D eigenvalue weighted by Crippen LogP contribution is 2.31. The maximum absolute atomic E-state index is 10.2. The van der Waals surface area contributed by atoms with Crippen molar-refractivity contribution in [2.75, 3.05) is 32.8 Å². The molecule has 0 amide bonds. The number of guanidine groups is 1. The molecule has 1 aliphatic rings. The van der Waals surface area contributed by atoms with E-state index in [0.717, 1.165) is 56.2 Å². The van der Waals surface area contributed by atoms with Crippen LogP contribution in [0.1, 0.15) is 45.6 Å². The van der Waals surface area contributed by atoms with E-state index < -0.39 is 5.60 Å². The van der Waals surface area contributed by atoms with Gasteiger partial charge < -0.3 is 25.2 Å². The number of nitrogens with one attached hydrogen (secondary N) is 2. The van der Waals surface area contributed by atoms with Crippen molar-refractivity contribution in [2.45, 2.75) is 52.1 Å². The Kier molecular flexibility index (Phi) is 10.8. The molecule has 1 aliphatic carbocycles. The van der Waals surface area contributed by atoms with Crippen LogP contribution in [0.4, 0.5) is 0 Å². The Morgan fingerprint density at radius 2 is 1.81 bits per heavy atom. The van der Waals surface area contributed by atoms with Crippen LogP contribution < -0.4 is 20.1 Å². The van der Waals surface area contributed by atoms with Crippen LogP contribution in [0.15, 0.2) is 23.2 Å². The second-order valence-electron chi connectivity index (χ2n) is 6.60. The number of nitrogens with zero attached hydrogens (tertiary/aromatic N) is 1. The minimum absolute atomic E-state index is 0. The predicted molar refractivity (Wildman–Crippen MR) is 121 cm³/mol. The summed E-state index contributed by atoms with van der Waals surface area (Å²) in [7, 11) is 0. The van der Waals surface area contributed by atoms with Crippen LogP contribution in [0.5, 0.6) is 11.5 Å². The topological polar surface area (TPSA) is 75.1 Å². The second kappa shape index (κ2) is 12.3. The number of ether oxygens (including phenoxy) is 2. The Labute approximate surface area is 180 Å². The second-order valence-corrected chi connectivity index (χ2v) is 6.60. The van der Waals surface area contributed by atoms with E-state index in [9.17, 15) is 5.11 Å². The summed E-state index contributed by atoms with van der Waals surface area (Å²) in [5, 5.41) is 16.8. The molecule has 0 saturated heterocycles. The fourth-order valence-electron chi connectivity index (χ4n) is 2.89. The number of hydrogen-bond donors (Lipinski definition) is 3. The lowest BCUT2D eigenvalue weighted by atomic mass is 9.80. The molecule has 0 aromatic heterocycles. The van der Waals surface area contributed by atoms with Gasteiger partial charge in [-0.1, -0.05) is 6.07 Å². The molecule has 1 aromatic rings. The van der Waals surface area contributed by atoms with Crippen molar-refractivity contribution in [3.05, 3.63) is 23.8 Å². The maximum Gasteiger partial charge on any atom is 0.191 e. The number of aliphatic hydroxyl groups is 1. The van der Waals surface area contributed by atoms with Crippen molar-refractivity contribution in [1.29, 1.82) is 0 Å². The molecule has 154 valence electrons. The standard InChI is InChI=1S/C20H33N3O3.HI/c1-4-21-19(23-15-20(24)11-7-12-20)22-13-10-16-8-9-17(25-5-2)18(14-16)26-6-3;/h8-9,14,24H,4-7,10-13,15H2,1-3H3,(H2,21,22,23);1H. The van der Waals surface area contributed by atoms with Crippen molar-refractivity contribution in [1.82, 2.24) is 10.6 Å². The molecule has 0 bridgehead atoms. The van der Waals surface area contributed by atoms with Crippen LogP contribution in [0.3, 0.4) is 0 Å². The van der Waals surface area contributed by atoms with Crippen LogP contribution in [0.2, 0.25) is 0 Å². The molecule has 0 radical (unpaired) electrons. The molecule has 0 spiro atoms. The molecule has 6 nitrogen and oxygen atoms in total. The molecule has 2 rings (SSSR count). The minimum Gasteiger partial charge on any atom is -0.490 e. The van der Waals surface area contributed by atoms with E-state index in [-0.39, 0.29) is 24.0 Å². The Bertz CT molecular complexity index is 592. The molecule has 1 fully saturated rings. The summed E-state index contributed by atoms with van der Waals surface area (Å²) in [6.45, 7) is 9.22. The Balaban J connectivity index is 0.00000364. The van der Waals surface area contributed by atoms with Gasteiger partial charge in [-0.2, -0.15) is 0 Å². The number of hydrogen-bond acceptors (Lipinski definition) is 4. The first-order chi connectivity index (χ1) is 12.6. The molecule has 0 aliphatic heterocycles. The Hall–Kier alpha value is -1.22. The first-order valence-electron chi connectivity index (χ1n) is 9.73. The quantitative estimate of drug-likeness (QED) is 0.267. The highest BCUT2D eigenvalue weighted by Gasteiger charge is 2.34. The van der Waals surface area contributed by atoms with Crippen molar-refractivity contribution in [3.8, 4) is 11.5 Å². The fourth-order valence-corrected chi connectivity index (χ4v) is 2.89. The van der Waals surface area contributed by atoms with Gasteiger partial charge >= 0.3 is 0 Å². The number of aliphatic imine (C=N–C) groups is 1. The average Bonchev–Trinajstić information content (AvgIpc) is 2.60. The lowest BCUT2D eigenvalue weighted by Crippen LogP contribution is -2.43. The molecule has 0 atom stereocenters. The summed E-state index contributed by atoms with van der Waals surface area (Å²) in [5.74, 6) is 2.33. The van der Waals surface area contributed by atoms with Crippen molar-refractivity contribution in [2.24, 2.45) is 4.99 Å². The van der Waals surface area contributed by atoms with Crippen LogP contribution in [-0.2, 0) is 6.42 Å². The summed E-state index contributed by atoms with van der Waals surface area (Å²) >= 11 is 0. The summed E-state index contributed by atoms with van der Waals surface area (Å²) in [5.41, 5.74) is 0.585. The van der Waals surface area contributed by atoms with Crippen LogP contribution in [0, 0.1) is 0 Å². The van der Waals surface area contributed by atoms with Gasteiger partial charge in [-0.05, 0) is 64.2 Å². The summed E-state index contributed by atoms with van der Waals surface area (Å²) in [6.07, 6.45) is 3.64. The van der Waals surface area contributed by atoms with E-state index in [2.05, 4.69) is 21.7 Å². The van der Waals surface area contributed by atoms with Crippen LogP contribution in [0.25, 0.3) is 0 Å². The number of benzene rings is 1. The summed E-state index contributed by atoms with van der Waals surface area (Å²) in [4.78, 5) is 4.52. The third-order valence-electron chi connectivity index (χ3n) is 4.47. The average molecular weight is 491 g/mol.